The van der Waals surface area contributed by atoms with Gasteiger partial charge in [-0.05, 0) is 23.6 Å². The smallest absolute Gasteiger partial charge is 0.256 e. The van der Waals surface area contributed by atoms with Crippen LogP contribution in [0.25, 0.3) is 0 Å². The number of hydrogen-bond acceptors (Lipinski definition) is 5. The lowest BCUT2D eigenvalue weighted by atomic mass is 10.1. The molecule has 0 aliphatic carbocycles. The molecule has 1 saturated heterocycles. The SMILES string of the molecule is O=C1Nc2ccccc2C(=O)N2CCN(S(=O)(=O)c3cccs3)CC12. The summed E-state index contributed by atoms with van der Waals surface area (Å²) in [6.07, 6.45) is 0. The van der Waals surface area contributed by atoms with Crippen LogP contribution in [0.5, 0.6) is 0 Å². The topological polar surface area (TPSA) is 86.8 Å². The summed E-state index contributed by atoms with van der Waals surface area (Å²) in [6, 6.07) is 9.18. The number of amides is 2. The highest BCUT2D eigenvalue weighted by Gasteiger charge is 2.42. The number of benzene rings is 1. The van der Waals surface area contributed by atoms with E-state index in [1.165, 1.54) is 9.21 Å². The van der Waals surface area contributed by atoms with Gasteiger partial charge in [-0.3, -0.25) is 9.59 Å². The molecule has 0 spiro atoms. The van der Waals surface area contributed by atoms with Crippen molar-refractivity contribution in [3.05, 3.63) is 47.3 Å². The minimum absolute atomic E-state index is 0.0498. The molecule has 2 aliphatic heterocycles. The Morgan fingerprint density at radius 1 is 1.08 bits per heavy atom. The first-order valence-corrected chi connectivity index (χ1v) is 10.0. The summed E-state index contributed by atoms with van der Waals surface area (Å²) in [5.41, 5.74) is 0.882. The molecule has 0 bridgehead atoms. The van der Waals surface area contributed by atoms with Gasteiger partial charge in [-0.15, -0.1) is 11.3 Å². The third-order valence-corrected chi connectivity index (χ3v) is 7.65. The number of piperazine rings is 1. The number of hydrogen-bond donors (Lipinski definition) is 1. The number of carbonyl (C=O) groups is 2. The average Bonchev–Trinajstić information content (AvgIpc) is 3.13. The van der Waals surface area contributed by atoms with Gasteiger partial charge < -0.3 is 10.2 Å². The first kappa shape index (κ1) is 16.2. The van der Waals surface area contributed by atoms with Gasteiger partial charge in [-0.2, -0.15) is 4.31 Å². The quantitative estimate of drug-likeness (QED) is 0.852. The van der Waals surface area contributed by atoms with Crippen molar-refractivity contribution in [2.75, 3.05) is 25.0 Å². The van der Waals surface area contributed by atoms with Crippen molar-refractivity contribution in [3.63, 3.8) is 0 Å². The molecule has 130 valence electrons. The Bertz CT molecular complexity index is 940. The molecule has 1 aromatic heterocycles. The maximum atomic E-state index is 12.8. The maximum absolute atomic E-state index is 12.8. The molecular formula is C16H15N3O4S2. The highest BCUT2D eigenvalue weighted by molar-refractivity contribution is 7.91. The van der Waals surface area contributed by atoms with Crippen molar-refractivity contribution in [1.29, 1.82) is 0 Å². The maximum Gasteiger partial charge on any atom is 0.256 e. The molecule has 1 fully saturated rings. The number of para-hydroxylation sites is 1. The predicted molar refractivity (Wildman–Crippen MR) is 93.0 cm³/mol. The molecule has 1 unspecified atom stereocenters. The summed E-state index contributed by atoms with van der Waals surface area (Å²) in [4.78, 5) is 26.8. The van der Waals surface area contributed by atoms with Crippen LogP contribution in [0.2, 0.25) is 0 Å². The molecule has 1 atom stereocenters. The number of rotatable bonds is 2. The second-order valence-corrected chi connectivity index (χ2v) is 8.96. The molecule has 2 aromatic rings. The highest BCUT2D eigenvalue weighted by Crippen LogP contribution is 2.28. The van der Waals surface area contributed by atoms with E-state index < -0.39 is 16.1 Å². The van der Waals surface area contributed by atoms with Gasteiger partial charge in [-0.25, -0.2) is 8.42 Å². The van der Waals surface area contributed by atoms with E-state index in [0.717, 1.165) is 11.3 Å². The number of carbonyl (C=O) groups excluding carboxylic acids is 2. The summed E-state index contributed by atoms with van der Waals surface area (Å²) in [6.45, 7) is 0.291. The van der Waals surface area contributed by atoms with Crippen molar-refractivity contribution in [2.24, 2.45) is 0 Å². The highest BCUT2D eigenvalue weighted by atomic mass is 32.2. The van der Waals surface area contributed by atoms with Crippen molar-refractivity contribution < 1.29 is 18.0 Å². The van der Waals surface area contributed by atoms with E-state index in [-0.39, 0.29) is 35.7 Å². The Morgan fingerprint density at radius 2 is 1.88 bits per heavy atom. The van der Waals surface area contributed by atoms with Crippen molar-refractivity contribution in [2.45, 2.75) is 10.3 Å². The Kier molecular flexibility index (Phi) is 3.86. The fourth-order valence-electron chi connectivity index (χ4n) is 3.13. The average molecular weight is 377 g/mol. The van der Waals surface area contributed by atoms with E-state index in [4.69, 9.17) is 0 Å². The standard InChI is InChI=1S/C16H15N3O4S2/c20-15-13-10-18(25(22,23)14-6-3-9-24-14)7-8-19(13)16(21)11-4-1-2-5-12(11)17-15/h1-6,9,13H,7-8,10H2,(H,17,20). The Labute approximate surface area is 148 Å². The monoisotopic (exact) mass is 377 g/mol. The summed E-state index contributed by atoms with van der Waals surface area (Å²) in [7, 11) is -3.66. The minimum atomic E-state index is -3.66. The van der Waals surface area contributed by atoms with Crippen molar-refractivity contribution in [3.8, 4) is 0 Å². The molecule has 0 radical (unpaired) electrons. The zero-order chi connectivity index (χ0) is 17.6. The predicted octanol–water partition coefficient (Wildman–Crippen LogP) is 1.22. The Balaban J connectivity index is 1.66. The van der Waals surface area contributed by atoms with Gasteiger partial charge in [0.05, 0.1) is 11.3 Å². The zero-order valence-corrected chi connectivity index (χ0v) is 14.7. The third kappa shape index (κ3) is 2.64. The zero-order valence-electron chi connectivity index (χ0n) is 13.1. The fourth-order valence-corrected chi connectivity index (χ4v) is 5.71. The molecule has 1 aromatic carbocycles. The van der Waals surface area contributed by atoms with E-state index in [9.17, 15) is 18.0 Å². The lowest BCUT2D eigenvalue weighted by Crippen LogP contribution is -2.59. The van der Waals surface area contributed by atoms with Gasteiger partial charge in [0.25, 0.3) is 15.9 Å². The molecular weight excluding hydrogens is 362 g/mol. The van der Waals surface area contributed by atoms with Crippen LogP contribution >= 0.6 is 11.3 Å². The van der Waals surface area contributed by atoms with Crippen LogP contribution in [-0.4, -0.2) is 55.1 Å². The summed E-state index contributed by atoms with van der Waals surface area (Å²) >= 11 is 1.14. The van der Waals surface area contributed by atoms with E-state index in [1.807, 2.05) is 0 Å². The number of nitrogens with zero attached hydrogens (tertiary/aromatic N) is 2. The first-order chi connectivity index (χ1) is 12.0. The van der Waals surface area contributed by atoms with Crippen LogP contribution in [0.4, 0.5) is 5.69 Å². The molecule has 1 N–H and O–H groups in total. The number of anilines is 1. The van der Waals surface area contributed by atoms with E-state index in [1.54, 1.807) is 41.8 Å². The molecule has 7 nitrogen and oxygen atoms in total. The normalized spacial score (nSPS) is 21.3. The Morgan fingerprint density at radius 3 is 2.64 bits per heavy atom. The van der Waals surface area contributed by atoms with E-state index in [2.05, 4.69) is 5.32 Å². The molecule has 2 aliphatic rings. The minimum Gasteiger partial charge on any atom is -0.324 e. The number of sulfonamides is 1. The van der Waals surface area contributed by atoms with Crippen LogP contribution in [0, 0.1) is 0 Å². The molecule has 2 amide bonds. The number of thiophene rings is 1. The van der Waals surface area contributed by atoms with Crippen LogP contribution < -0.4 is 5.32 Å². The summed E-state index contributed by atoms with van der Waals surface area (Å²) in [5, 5.41) is 4.43. The number of fused-ring (bicyclic) bond motifs is 2. The van der Waals surface area contributed by atoms with Crippen LogP contribution in [-0.2, 0) is 14.8 Å². The first-order valence-electron chi connectivity index (χ1n) is 7.73. The van der Waals surface area contributed by atoms with E-state index >= 15 is 0 Å². The van der Waals surface area contributed by atoms with Gasteiger partial charge in [0.15, 0.2) is 0 Å². The molecule has 9 heteroatoms. The van der Waals surface area contributed by atoms with E-state index in [0.29, 0.717) is 11.3 Å². The third-order valence-electron chi connectivity index (χ3n) is 4.41. The molecule has 4 rings (SSSR count). The second kappa shape index (κ2) is 5.94. The molecule has 3 heterocycles. The van der Waals surface area contributed by atoms with Crippen molar-refractivity contribution in [1.82, 2.24) is 9.21 Å². The van der Waals surface area contributed by atoms with Gasteiger partial charge in [0.1, 0.15) is 10.3 Å². The van der Waals surface area contributed by atoms with Gasteiger partial charge in [0, 0.05) is 19.6 Å². The lowest BCUT2D eigenvalue weighted by Gasteiger charge is -2.38. The van der Waals surface area contributed by atoms with Crippen LogP contribution in [0.1, 0.15) is 10.4 Å². The number of nitrogens with one attached hydrogen (secondary N) is 1. The Hall–Kier alpha value is -2.23. The lowest BCUT2D eigenvalue weighted by molar-refractivity contribution is -0.121. The fraction of sp³-hybridized carbons (Fsp3) is 0.250. The van der Waals surface area contributed by atoms with Gasteiger partial charge in [-0.1, -0.05) is 18.2 Å². The molecule has 25 heavy (non-hydrogen) atoms. The van der Waals surface area contributed by atoms with Crippen LogP contribution in [0.3, 0.4) is 0 Å². The van der Waals surface area contributed by atoms with Gasteiger partial charge >= 0.3 is 0 Å². The van der Waals surface area contributed by atoms with Gasteiger partial charge in [0.2, 0.25) is 5.91 Å². The molecule has 0 saturated carbocycles. The summed E-state index contributed by atoms with van der Waals surface area (Å²) in [5.74, 6) is -0.628. The second-order valence-electron chi connectivity index (χ2n) is 5.84. The van der Waals surface area contributed by atoms with Crippen molar-refractivity contribution >= 4 is 38.9 Å². The largest absolute Gasteiger partial charge is 0.324 e. The van der Waals surface area contributed by atoms with Crippen LogP contribution in [0.15, 0.2) is 46.0 Å². The summed E-state index contributed by atoms with van der Waals surface area (Å²) < 4.78 is 27.0.